The van der Waals surface area contributed by atoms with Crippen LogP contribution in [0, 0.1) is 22.7 Å². The molecule has 17 heavy (non-hydrogen) atoms. The van der Waals surface area contributed by atoms with Gasteiger partial charge in [0, 0.05) is 6.42 Å². The third kappa shape index (κ3) is 4.19. The molecule has 0 saturated carbocycles. The third-order valence-electron chi connectivity index (χ3n) is 2.16. The number of hydrogen-bond donors (Lipinski definition) is 1. The minimum absolute atomic E-state index is 0.0447. The van der Waals surface area contributed by atoms with Crippen molar-refractivity contribution in [2.24, 2.45) is 0 Å². The molecular weight excluding hydrogens is 216 g/mol. The van der Waals surface area contributed by atoms with Gasteiger partial charge in [-0.25, -0.2) is 0 Å². The van der Waals surface area contributed by atoms with Crippen LogP contribution in [-0.2, 0) is 11.2 Å². The second-order valence-corrected chi connectivity index (χ2v) is 3.42. The first kappa shape index (κ1) is 12.5. The van der Waals surface area contributed by atoms with Gasteiger partial charge in [0.05, 0.1) is 0 Å². The minimum Gasteiger partial charge on any atom is -0.481 e. The van der Waals surface area contributed by atoms with E-state index in [-0.39, 0.29) is 12.0 Å². The predicted molar refractivity (Wildman–Crippen MR) is 61.6 cm³/mol. The van der Waals surface area contributed by atoms with Gasteiger partial charge in [0.2, 0.25) is 0 Å². The first-order valence-corrected chi connectivity index (χ1v) is 4.98. The summed E-state index contributed by atoms with van der Waals surface area (Å²) in [6, 6.07) is 10.7. The Hall–Kier alpha value is -2.59. The Morgan fingerprint density at radius 3 is 2.29 bits per heavy atom. The van der Waals surface area contributed by atoms with Crippen LogP contribution in [0.4, 0.5) is 0 Å². The Labute approximate surface area is 99.0 Å². The number of nitriles is 2. The second kappa shape index (κ2) is 6.09. The van der Waals surface area contributed by atoms with Gasteiger partial charge < -0.3 is 5.11 Å². The van der Waals surface area contributed by atoms with Gasteiger partial charge in [-0.3, -0.25) is 4.79 Å². The number of allylic oxidation sites excluding steroid dienone is 1. The zero-order chi connectivity index (χ0) is 12.7. The molecule has 4 nitrogen and oxygen atoms in total. The summed E-state index contributed by atoms with van der Waals surface area (Å²) in [4.78, 5) is 10.4. The molecule has 0 spiro atoms. The average Bonchev–Trinajstić information content (AvgIpc) is 2.34. The number of carboxylic acids is 1. The molecule has 4 heteroatoms. The van der Waals surface area contributed by atoms with Crippen LogP contribution in [0.25, 0.3) is 6.08 Å². The van der Waals surface area contributed by atoms with Crippen LogP contribution in [0.15, 0.2) is 29.8 Å². The number of aliphatic carboxylic acids is 1. The highest BCUT2D eigenvalue weighted by molar-refractivity contribution is 5.67. The summed E-state index contributed by atoms with van der Waals surface area (Å²) in [6.45, 7) is 0. The van der Waals surface area contributed by atoms with Crippen molar-refractivity contribution in [3.63, 3.8) is 0 Å². The van der Waals surface area contributed by atoms with E-state index in [2.05, 4.69) is 0 Å². The lowest BCUT2D eigenvalue weighted by molar-refractivity contribution is -0.136. The van der Waals surface area contributed by atoms with E-state index < -0.39 is 5.97 Å². The smallest absolute Gasteiger partial charge is 0.303 e. The lowest BCUT2D eigenvalue weighted by Crippen LogP contribution is -1.97. The Kier molecular flexibility index (Phi) is 4.47. The number of carboxylic acid groups (broad SMARTS) is 1. The number of rotatable bonds is 4. The zero-order valence-electron chi connectivity index (χ0n) is 9.05. The maximum atomic E-state index is 10.4. The normalized spacial score (nSPS) is 8.82. The van der Waals surface area contributed by atoms with Gasteiger partial charge in [-0.1, -0.05) is 24.3 Å². The fourth-order valence-corrected chi connectivity index (χ4v) is 1.29. The van der Waals surface area contributed by atoms with E-state index in [1.165, 1.54) is 6.08 Å². The maximum Gasteiger partial charge on any atom is 0.303 e. The fraction of sp³-hybridized carbons (Fsp3) is 0.154. The molecule has 0 heterocycles. The summed E-state index contributed by atoms with van der Waals surface area (Å²) in [7, 11) is 0. The van der Waals surface area contributed by atoms with E-state index in [4.69, 9.17) is 15.6 Å². The SMILES string of the molecule is N#CC(C#N)=Cc1ccc(CCC(=O)O)cc1. The molecule has 0 aliphatic carbocycles. The van der Waals surface area contributed by atoms with Gasteiger partial charge in [-0.05, 0) is 23.6 Å². The van der Waals surface area contributed by atoms with E-state index in [0.717, 1.165) is 11.1 Å². The Balaban J connectivity index is 2.76. The first-order chi connectivity index (χ1) is 8.15. The molecule has 0 aliphatic rings. The van der Waals surface area contributed by atoms with Crippen molar-refractivity contribution in [2.75, 3.05) is 0 Å². The number of aryl methyl sites for hydroxylation is 1. The van der Waals surface area contributed by atoms with Gasteiger partial charge in [0.15, 0.2) is 0 Å². The summed E-state index contributed by atoms with van der Waals surface area (Å²) in [5.74, 6) is -0.829. The highest BCUT2D eigenvalue weighted by Gasteiger charge is 1.99. The van der Waals surface area contributed by atoms with Crippen LogP contribution in [0.2, 0.25) is 0 Å². The fourth-order valence-electron chi connectivity index (χ4n) is 1.29. The molecule has 0 saturated heterocycles. The van der Waals surface area contributed by atoms with Gasteiger partial charge in [-0.15, -0.1) is 0 Å². The summed E-state index contributed by atoms with van der Waals surface area (Å²) in [6.07, 6.45) is 2.06. The van der Waals surface area contributed by atoms with Gasteiger partial charge >= 0.3 is 5.97 Å². The standard InChI is InChI=1S/C13H10N2O2/c14-8-12(9-15)7-11-3-1-10(2-4-11)5-6-13(16)17/h1-4,7H,5-6H2,(H,16,17). The van der Waals surface area contributed by atoms with Crippen molar-refractivity contribution in [1.82, 2.24) is 0 Å². The topological polar surface area (TPSA) is 84.9 Å². The molecule has 1 N–H and O–H groups in total. The van der Waals surface area contributed by atoms with Crippen LogP contribution in [0.1, 0.15) is 17.5 Å². The number of hydrogen-bond acceptors (Lipinski definition) is 3. The second-order valence-electron chi connectivity index (χ2n) is 3.42. The molecule has 0 amide bonds. The molecule has 0 atom stereocenters. The van der Waals surface area contributed by atoms with Gasteiger partial charge in [0.25, 0.3) is 0 Å². The minimum atomic E-state index is -0.829. The quantitative estimate of drug-likeness (QED) is 0.797. The van der Waals surface area contributed by atoms with Crippen LogP contribution >= 0.6 is 0 Å². The molecule has 0 radical (unpaired) electrons. The molecular formula is C13H10N2O2. The molecule has 0 aliphatic heterocycles. The van der Waals surface area contributed by atoms with Crippen LogP contribution in [0.5, 0.6) is 0 Å². The monoisotopic (exact) mass is 226 g/mol. The molecule has 1 rings (SSSR count). The molecule has 1 aromatic carbocycles. The third-order valence-corrected chi connectivity index (χ3v) is 2.16. The van der Waals surface area contributed by atoms with E-state index in [1.807, 2.05) is 0 Å². The van der Waals surface area contributed by atoms with Crippen molar-refractivity contribution < 1.29 is 9.90 Å². The van der Waals surface area contributed by atoms with Gasteiger partial charge in [0.1, 0.15) is 17.7 Å². The van der Waals surface area contributed by atoms with Crippen LogP contribution in [-0.4, -0.2) is 11.1 Å². The van der Waals surface area contributed by atoms with Crippen molar-refractivity contribution in [3.8, 4) is 12.1 Å². The molecule has 0 fully saturated rings. The Morgan fingerprint density at radius 2 is 1.82 bits per heavy atom. The lowest BCUT2D eigenvalue weighted by atomic mass is 10.1. The summed E-state index contributed by atoms with van der Waals surface area (Å²) < 4.78 is 0. The summed E-state index contributed by atoms with van der Waals surface area (Å²) in [5.41, 5.74) is 1.71. The summed E-state index contributed by atoms with van der Waals surface area (Å²) >= 11 is 0. The van der Waals surface area contributed by atoms with Crippen LogP contribution in [0.3, 0.4) is 0 Å². The van der Waals surface area contributed by atoms with E-state index in [0.29, 0.717) is 6.42 Å². The number of benzene rings is 1. The maximum absolute atomic E-state index is 10.4. The van der Waals surface area contributed by atoms with E-state index >= 15 is 0 Å². The average molecular weight is 226 g/mol. The van der Waals surface area contributed by atoms with Crippen molar-refractivity contribution in [3.05, 3.63) is 41.0 Å². The number of carbonyl (C=O) groups is 1. The van der Waals surface area contributed by atoms with Crippen molar-refractivity contribution in [1.29, 1.82) is 10.5 Å². The molecule has 0 unspecified atom stereocenters. The number of nitrogens with zero attached hydrogens (tertiary/aromatic N) is 2. The Bertz CT molecular complexity index is 500. The molecule has 0 aromatic heterocycles. The largest absolute Gasteiger partial charge is 0.481 e. The molecule has 84 valence electrons. The van der Waals surface area contributed by atoms with E-state index in [1.54, 1.807) is 36.4 Å². The first-order valence-electron chi connectivity index (χ1n) is 4.98. The van der Waals surface area contributed by atoms with Crippen molar-refractivity contribution >= 4 is 12.0 Å². The highest BCUT2D eigenvalue weighted by Crippen LogP contribution is 2.10. The molecule has 1 aromatic rings. The zero-order valence-corrected chi connectivity index (χ0v) is 9.05. The summed E-state index contributed by atoms with van der Waals surface area (Å²) in [5, 5.41) is 25.7. The molecule has 0 bridgehead atoms. The predicted octanol–water partition coefficient (Wildman–Crippen LogP) is 2.13. The highest BCUT2D eigenvalue weighted by atomic mass is 16.4. The van der Waals surface area contributed by atoms with Crippen LogP contribution < -0.4 is 0 Å². The van der Waals surface area contributed by atoms with Crippen molar-refractivity contribution in [2.45, 2.75) is 12.8 Å². The van der Waals surface area contributed by atoms with E-state index in [9.17, 15) is 4.79 Å². The Morgan fingerprint density at radius 1 is 1.24 bits per heavy atom. The lowest BCUT2D eigenvalue weighted by Gasteiger charge is -1.99. The van der Waals surface area contributed by atoms with Gasteiger partial charge in [-0.2, -0.15) is 10.5 Å².